The Hall–Kier alpha value is -3.37. The van der Waals surface area contributed by atoms with Crippen LogP contribution in [-0.4, -0.2) is 50.4 Å². The maximum atomic E-state index is 12.7. The minimum atomic E-state index is -0.437. The standard InChI is InChI=1S/C22H20N2O6S2/c1-2-30-21(29)13-3-6-15(7-4-13)23-19(27)9-10-24-20(28)18(32-22(24)31)11-14-5-8-16(25)12-17(14)26/h3-8,11-12,25-26H,2,9-10H2,1H3,(H,23,27)/b18-11-. The Labute approximate surface area is 193 Å². The average molecular weight is 473 g/mol. The molecule has 1 heterocycles. The maximum absolute atomic E-state index is 12.7. The van der Waals surface area contributed by atoms with Gasteiger partial charge in [0.1, 0.15) is 15.8 Å². The van der Waals surface area contributed by atoms with Crippen LogP contribution < -0.4 is 5.32 Å². The Bertz CT molecular complexity index is 1100. The molecule has 0 aromatic heterocycles. The number of hydrogen-bond acceptors (Lipinski definition) is 8. The lowest BCUT2D eigenvalue weighted by Gasteiger charge is -2.14. The zero-order chi connectivity index (χ0) is 23.3. The molecule has 0 bridgehead atoms. The van der Waals surface area contributed by atoms with E-state index in [0.717, 1.165) is 11.8 Å². The molecular formula is C22H20N2O6S2. The summed E-state index contributed by atoms with van der Waals surface area (Å²) < 4.78 is 5.23. The summed E-state index contributed by atoms with van der Waals surface area (Å²) in [7, 11) is 0. The number of esters is 1. The lowest BCUT2D eigenvalue weighted by molar-refractivity contribution is -0.122. The van der Waals surface area contributed by atoms with Crippen molar-refractivity contribution in [2.45, 2.75) is 13.3 Å². The van der Waals surface area contributed by atoms with Gasteiger partial charge in [-0.25, -0.2) is 4.79 Å². The molecule has 2 aromatic rings. The number of phenolic OH excluding ortho intramolecular Hbond substituents is 2. The molecule has 166 valence electrons. The minimum Gasteiger partial charge on any atom is -0.508 e. The number of anilines is 1. The molecule has 0 atom stereocenters. The summed E-state index contributed by atoms with van der Waals surface area (Å²) in [6, 6.07) is 10.4. The summed E-state index contributed by atoms with van der Waals surface area (Å²) in [6.07, 6.45) is 1.50. The number of carbonyl (C=O) groups excluding carboxylic acids is 3. The Balaban J connectivity index is 1.57. The number of aromatic hydroxyl groups is 2. The molecule has 1 aliphatic heterocycles. The van der Waals surface area contributed by atoms with E-state index in [2.05, 4.69) is 5.32 Å². The number of carbonyl (C=O) groups is 3. The van der Waals surface area contributed by atoms with Crippen molar-refractivity contribution in [2.75, 3.05) is 18.5 Å². The van der Waals surface area contributed by atoms with Crippen molar-refractivity contribution in [1.29, 1.82) is 0 Å². The van der Waals surface area contributed by atoms with Gasteiger partial charge in [-0.2, -0.15) is 0 Å². The monoisotopic (exact) mass is 472 g/mol. The normalized spacial score (nSPS) is 14.7. The van der Waals surface area contributed by atoms with Crippen molar-refractivity contribution in [3.63, 3.8) is 0 Å². The second-order valence-electron chi connectivity index (χ2n) is 6.67. The third-order valence-corrected chi connectivity index (χ3v) is 5.79. The predicted octanol–water partition coefficient (Wildman–Crippen LogP) is 3.50. The zero-order valence-corrected chi connectivity index (χ0v) is 18.7. The number of rotatable bonds is 7. The van der Waals surface area contributed by atoms with Gasteiger partial charge in [0.05, 0.1) is 17.1 Å². The van der Waals surface area contributed by atoms with Crippen molar-refractivity contribution in [3.05, 3.63) is 58.5 Å². The van der Waals surface area contributed by atoms with Crippen LogP contribution in [0, 0.1) is 0 Å². The smallest absolute Gasteiger partial charge is 0.338 e. The summed E-state index contributed by atoms with van der Waals surface area (Å²) in [4.78, 5) is 38.3. The lowest BCUT2D eigenvalue weighted by Crippen LogP contribution is -2.31. The number of phenols is 2. The van der Waals surface area contributed by atoms with Crippen LogP contribution in [0.1, 0.15) is 29.3 Å². The van der Waals surface area contributed by atoms with E-state index in [1.165, 1.54) is 29.2 Å². The molecule has 32 heavy (non-hydrogen) atoms. The molecule has 2 amide bonds. The lowest BCUT2D eigenvalue weighted by atomic mass is 10.1. The highest BCUT2D eigenvalue weighted by Crippen LogP contribution is 2.34. The highest BCUT2D eigenvalue weighted by Gasteiger charge is 2.32. The third-order valence-electron chi connectivity index (χ3n) is 4.42. The number of amides is 2. The Morgan fingerprint density at radius 1 is 1.19 bits per heavy atom. The van der Waals surface area contributed by atoms with Gasteiger partial charge in [0.25, 0.3) is 5.91 Å². The number of ether oxygens (including phenoxy) is 1. The highest BCUT2D eigenvalue weighted by atomic mass is 32.2. The van der Waals surface area contributed by atoms with E-state index in [0.29, 0.717) is 26.0 Å². The van der Waals surface area contributed by atoms with E-state index >= 15 is 0 Å². The van der Waals surface area contributed by atoms with Gasteiger partial charge >= 0.3 is 5.97 Å². The van der Waals surface area contributed by atoms with Gasteiger partial charge in [0, 0.05) is 30.3 Å². The number of thiocarbonyl (C=S) groups is 1. The molecule has 10 heteroatoms. The van der Waals surface area contributed by atoms with E-state index in [9.17, 15) is 24.6 Å². The number of benzene rings is 2. The quantitative estimate of drug-likeness (QED) is 0.319. The number of nitrogens with one attached hydrogen (secondary N) is 1. The summed E-state index contributed by atoms with van der Waals surface area (Å²) in [5.74, 6) is -1.37. The van der Waals surface area contributed by atoms with Crippen molar-refractivity contribution in [1.82, 2.24) is 4.90 Å². The van der Waals surface area contributed by atoms with Gasteiger partial charge in [0.15, 0.2) is 0 Å². The molecule has 0 aliphatic carbocycles. The van der Waals surface area contributed by atoms with Gasteiger partial charge in [-0.3, -0.25) is 14.5 Å². The first-order chi connectivity index (χ1) is 15.3. The van der Waals surface area contributed by atoms with Gasteiger partial charge in [0.2, 0.25) is 5.91 Å². The van der Waals surface area contributed by atoms with Gasteiger partial charge in [-0.05, 0) is 49.4 Å². The summed E-state index contributed by atoms with van der Waals surface area (Å²) in [5, 5.41) is 22.0. The first-order valence-corrected chi connectivity index (χ1v) is 10.9. The van der Waals surface area contributed by atoms with Crippen LogP contribution in [-0.2, 0) is 14.3 Å². The maximum Gasteiger partial charge on any atom is 0.338 e. The van der Waals surface area contributed by atoms with E-state index in [1.807, 2.05) is 0 Å². The molecule has 1 aliphatic rings. The molecule has 0 spiro atoms. The van der Waals surface area contributed by atoms with Crippen LogP contribution in [0.4, 0.5) is 5.69 Å². The number of thioether (sulfide) groups is 1. The van der Waals surface area contributed by atoms with Crippen molar-refractivity contribution in [3.8, 4) is 11.5 Å². The topological polar surface area (TPSA) is 116 Å². The third kappa shape index (κ3) is 5.65. The molecule has 3 N–H and O–H groups in total. The largest absolute Gasteiger partial charge is 0.508 e. The van der Waals surface area contributed by atoms with Crippen LogP contribution in [0.3, 0.4) is 0 Å². The first kappa shape index (κ1) is 23.3. The van der Waals surface area contributed by atoms with Crippen LogP contribution in [0.2, 0.25) is 0 Å². The fraction of sp³-hybridized carbons (Fsp3) is 0.182. The highest BCUT2D eigenvalue weighted by molar-refractivity contribution is 8.26. The summed E-state index contributed by atoms with van der Waals surface area (Å²) >= 11 is 6.33. The number of nitrogens with zero attached hydrogens (tertiary/aromatic N) is 1. The van der Waals surface area contributed by atoms with Crippen LogP contribution in [0.25, 0.3) is 6.08 Å². The van der Waals surface area contributed by atoms with Crippen molar-refractivity contribution < 1.29 is 29.3 Å². The van der Waals surface area contributed by atoms with E-state index in [1.54, 1.807) is 31.2 Å². The van der Waals surface area contributed by atoms with Gasteiger partial charge < -0.3 is 20.3 Å². The van der Waals surface area contributed by atoms with Crippen molar-refractivity contribution in [2.24, 2.45) is 0 Å². The second kappa shape index (κ2) is 10.3. The molecule has 1 fully saturated rings. The van der Waals surface area contributed by atoms with Crippen LogP contribution in [0.15, 0.2) is 47.4 Å². The molecule has 2 aromatic carbocycles. The molecular weight excluding hydrogens is 452 g/mol. The van der Waals surface area contributed by atoms with E-state index < -0.39 is 5.97 Å². The Kier molecular flexibility index (Phi) is 7.49. The van der Waals surface area contributed by atoms with Gasteiger partial charge in [-0.15, -0.1) is 0 Å². The zero-order valence-electron chi connectivity index (χ0n) is 17.0. The molecule has 0 saturated carbocycles. The van der Waals surface area contributed by atoms with E-state index in [4.69, 9.17) is 17.0 Å². The average Bonchev–Trinajstić information content (AvgIpc) is 3.01. The predicted molar refractivity (Wildman–Crippen MR) is 125 cm³/mol. The molecule has 1 saturated heterocycles. The Morgan fingerprint density at radius 2 is 1.91 bits per heavy atom. The summed E-state index contributed by atoms with van der Waals surface area (Å²) in [5.41, 5.74) is 1.26. The number of hydrogen-bond donors (Lipinski definition) is 3. The van der Waals surface area contributed by atoms with Crippen LogP contribution in [0.5, 0.6) is 11.5 Å². The first-order valence-electron chi connectivity index (χ1n) is 9.63. The van der Waals surface area contributed by atoms with Gasteiger partial charge in [-0.1, -0.05) is 24.0 Å². The second-order valence-corrected chi connectivity index (χ2v) is 8.35. The Morgan fingerprint density at radius 3 is 2.56 bits per heavy atom. The van der Waals surface area contributed by atoms with Crippen molar-refractivity contribution >= 4 is 57.8 Å². The molecule has 0 unspecified atom stereocenters. The van der Waals surface area contributed by atoms with E-state index in [-0.39, 0.29) is 42.9 Å². The minimum absolute atomic E-state index is 0.0177. The molecule has 3 rings (SSSR count). The van der Waals surface area contributed by atoms with Crippen LogP contribution >= 0.6 is 24.0 Å². The fourth-order valence-electron chi connectivity index (χ4n) is 2.83. The summed E-state index contributed by atoms with van der Waals surface area (Å²) in [6.45, 7) is 2.09. The fourth-order valence-corrected chi connectivity index (χ4v) is 4.13. The SMILES string of the molecule is CCOC(=O)c1ccc(NC(=O)CCN2C(=O)/C(=C/c3ccc(O)cc3O)SC2=S)cc1. The molecule has 0 radical (unpaired) electrons. The molecule has 8 nitrogen and oxygen atoms in total.